The first-order valence-corrected chi connectivity index (χ1v) is 5.46. The average Bonchev–Trinajstić information content (AvgIpc) is 2.89. The fraction of sp³-hybridized carbons (Fsp3) is 0. The van der Waals surface area contributed by atoms with Gasteiger partial charge in [-0.3, -0.25) is 4.79 Å². The largest absolute Gasteiger partial charge is 0.459 e. The SMILES string of the molecule is O=C(N/N=C\c1ccc(I)o1)c1ccco1. The lowest BCUT2D eigenvalue weighted by atomic mass is 10.4. The van der Waals surface area contributed by atoms with Gasteiger partial charge in [0.2, 0.25) is 0 Å². The minimum absolute atomic E-state index is 0.214. The molecule has 82 valence electrons. The summed E-state index contributed by atoms with van der Waals surface area (Å²) in [7, 11) is 0. The molecule has 5 nitrogen and oxygen atoms in total. The number of carbonyl (C=O) groups excluding carboxylic acids is 1. The third-order valence-corrected chi connectivity index (χ3v) is 2.28. The van der Waals surface area contributed by atoms with Crippen LogP contribution in [0.1, 0.15) is 16.3 Å². The molecule has 0 unspecified atom stereocenters. The predicted molar refractivity (Wildman–Crippen MR) is 65.2 cm³/mol. The maximum atomic E-state index is 11.4. The molecule has 0 aromatic carbocycles. The van der Waals surface area contributed by atoms with Crippen LogP contribution in [0.15, 0.2) is 44.5 Å². The molecule has 0 fully saturated rings. The van der Waals surface area contributed by atoms with E-state index in [1.165, 1.54) is 12.5 Å². The van der Waals surface area contributed by atoms with Crippen molar-refractivity contribution in [2.24, 2.45) is 5.10 Å². The molecule has 2 aromatic rings. The summed E-state index contributed by atoms with van der Waals surface area (Å²) in [5.74, 6) is 0.387. The van der Waals surface area contributed by atoms with Crippen molar-refractivity contribution in [3.63, 3.8) is 0 Å². The van der Waals surface area contributed by atoms with Gasteiger partial charge in [-0.15, -0.1) is 0 Å². The highest BCUT2D eigenvalue weighted by atomic mass is 127. The quantitative estimate of drug-likeness (QED) is 0.533. The van der Waals surface area contributed by atoms with E-state index in [9.17, 15) is 4.79 Å². The lowest BCUT2D eigenvalue weighted by Crippen LogP contribution is -2.16. The van der Waals surface area contributed by atoms with Crippen molar-refractivity contribution in [2.45, 2.75) is 0 Å². The fourth-order valence-electron chi connectivity index (χ4n) is 1.02. The number of carbonyl (C=O) groups is 1. The zero-order valence-corrected chi connectivity index (χ0v) is 10.2. The molecule has 16 heavy (non-hydrogen) atoms. The van der Waals surface area contributed by atoms with E-state index in [-0.39, 0.29) is 5.76 Å². The Morgan fingerprint density at radius 2 is 2.31 bits per heavy atom. The van der Waals surface area contributed by atoms with Gasteiger partial charge < -0.3 is 8.83 Å². The molecule has 0 aliphatic heterocycles. The molecule has 0 aliphatic rings. The van der Waals surface area contributed by atoms with Crippen molar-refractivity contribution in [1.82, 2.24) is 5.43 Å². The van der Waals surface area contributed by atoms with E-state index >= 15 is 0 Å². The highest BCUT2D eigenvalue weighted by molar-refractivity contribution is 14.1. The molecule has 0 saturated heterocycles. The van der Waals surface area contributed by atoms with Crippen LogP contribution in [0.2, 0.25) is 0 Å². The molecule has 2 heterocycles. The van der Waals surface area contributed by atoms with Gasteiger partial charge in [-0.05, 0) is 46.9 Å². The van der Waals surface area contributed by atoms with E-state index in [1.807, 2.05) is 22.6 Å². The maximum Gasteiger partial charge on any atom is 0.307 e. The molecule has 0 atom stereocenters. The molecule has 2 aromatic heterocycles. The van der Waals surface area contributed by atoms with Gasteiger partial charge in [0.1, 0.15) is 5.76 Å². The number of hydrogen-bond acceptors (Lipinski definition) is 4. The smallest absolute Gasteiger partial charge is 0.307 e. The minimum atomic E-state index is -0.400. The van der Waals surface area contributed by atoms with Crippen molar-refractivity contribution in [3.8, 4) is 0 Å². The van der Waals surface area contributed by atoms with Crippen molar-refractivity contribution in [1.29, 1.82) is 0 Å². The maximum absolute atomic E-state index is 11.4. The number of halogens is 1. The zero-order valence-electron chi connectivity index (χ0n) is 8.01. The van der Waals surface area contributed by atoms with E-state index in [0.717, 1.165) is 3.77 Å². The first-order chi connectivity index (χ1) is 7.75. The summed E-state index contributed by atoms with van der Waals surface area (Å²) in [6.45, 7) is 0. The molecular formula is C10H7IN2O3. The molecule has 0 aliphatic carbocycles. The Labute approximate surface area is 105 Å². The van der Waals surface area contributed by atoms with Crippen LogP contribution in [0, 0.1) is 3.77 Å². The van der Waals surface area contributed by atoms with Crippen LogP contribution in [0.5, 0.6) is 0 Å². The van der Waals surface area contributed by atoms with Crippen molar-refractivity contribution in [2.75, 3.05) is 0 Å². The summed E-state index contributed by atoms with van der Waals surface area (Å²) in [4.78, 5) is 11.4. The Morgan fingerprint density at radius 3 is 2.94 bits per heavy atom. The lowest BCUT2D eigenvalue weighted by Gasteiger charge is -1.93. The molecule has 0 spiro atoms. The van der Waals surface area contributed by atoms with E-state index in [4.69, 9.17) is 8.83 Å². The Bertz CT molecular complexity index is 502. The Hall–Kier alpha value is -1.57. The lowest BCUT2D eigenvalue weighted by molar-refractivity contribution is 0.0927. The third kappa shape index (κ3) is 2.72. The summed E-state index contributed by atoms with van der Waals surface area (Å²) < 4.78 is 10.9. The van der Waals surface area contributed by atoms with Gasteiger partial charge in [0.25, 0.3) is 0 Å². The normalized spacial score (nSPS) is 10.8. The summed E-state index contributed by atoms with van der Waals surface area (Å²) in [6, 6.07) is 6.74. The minimum Gasteiger partial charge on any atom is -0.459 e. The molecule has 1 N–H and O–H groups in total. The molecule has 6 heteroatoms. The number of furan rings is 2. The van der Waals surface area contributed by atoms with Gasteiger partial charge in [0.05, 0.1) is 12.5 Å². The van der Waals surface area contributed by atoms with Crippen LogP contribution in [0.25, 0.3) is 0 Å². The van der Waals surface area contributed by atoms with E-state index in [0.29, 0.717) is 5.76 Å². The highest BCUT2D eigenvalue weighted by Crippen LogP contribution is 2.07. The Balaban J connectivity index is 1.93. The van der Waals surface area contributed by atoms with Crippen LogP contribution >= 0.6 is 22.6 Å². The topological polar surface area (TPSA) is 67.7 Å². The van der Waals surface area contributed by atoms with Gasteiger partial charge in [-0.1, -0.05) is 0 Å². The monoisotopic (exact) mass is 330 g/mol. The van der Waals surface area contributed by atoms with Crippen LogP contribution in [-0.4, -0.2) is 12.1 Å². The van der Waals surface area contributed by atoms with Crippen LogP contribution in [0.4, 0.5) is 0 Å². The standard InChI is InChI=1S/C10H7IN2O3/c11-9-4-3-7(16-9)6-12-13-10(14)8-2-1-5-15-8/h1-6H,(H,13,14)/b12-6-. The van der Waals surface area contributed by atoms with Crippen LogP contribution in [0.3, 0.4) is 0 Å². The molecule has 0 saturated carbocycles. The van der Waals surface area contributed by atoms with E-state index < -0.39 is 5.91 Å². The summed E-state index contributed by atoms with van der Waals surface area (Å²) in [5, 5.41) is 3.73. The van der Waals surface area contributed by atoms with Crippen LogP contribution < -0.4 is 5.43 Å². The van der Waals surface area contributed by atoms with Gasteiger partial charge >= 0.3 is 5.91 Å². The highest BCUT2D eigenvalue weighted by Gasteiger charge is 2.05. The second kappa shape index (κ2) is 4.97. The van der Waals surface area contributed by atoms with Gasteiger partial charge in [-0.2, -0.15) is 5.10 Å². The van der Waals surface area contributed by atoms with Gasteiger partial charge in [0.15, 0.2) is 9.53 Å². The van der Waals surface area contributed by atoms with Gasteiger partial charge in [0, 0.05) is 0 Å². The second-order valence-corrected chi connectivity index (χ2v) is 3.88. The Morgan fingerprint density at radius 1 is 1.44 bits per heavy atom. The zero-order chi connectivity index (χ0) is 11.4. The number of hydrazone groups is 1. The number of amides is 1. The van der Waals surface area contributed by atoms with Crippen LogP contribution in [-0.2, 0) is 0 Å². The molecule has 0 radical (unpaired) electrons. The van der Waals surface area contributed by atoms with Crippen molar-refractivity contribution >= 4 is 34.7 Å². The van der Waals surface area contributed by atoms with Crippen molar-refractivity contribution < 1.29 is 13.6 Å². The van der Waals surface area contributed by atoms with Crippen molar-refractivity contribution in [3.05, 3.63) is 45.8 Å². The summed E-state index contributed by atoms with van der Waals surface area (Å²) in [6.07, 6.45) is 2.84. The fourth-order valence-corrected chi connectivity index (χ4v) is 1.45. The molecule has 1 amide bonds. The summed E-state index contributed by atoms with van der Waals surface area (Å²) in [5.41, 5.74) is 2.32. The van der Waals surface area contributed by atoms with E-state index in [1.54, 1.807) is 24.3 Å². The van der Waals surface area contributed by atoms with E-state index in [2.05, 4.69) is 10.5 Å². The third-order valence-electron chi connectivity index (χ3n) is 1.70. The predicted octanol–water partition coefficient (Wildman–Crippen LogP) is 2.24. The Kier molecular flexibility index (Phi) is 3.40. The number of nitrogens with zero attached hydrogens (tertiary/aromatic N) is 1. The molecule has 2 rings (SSSR count). The molecule has 0 bridgehead atoms. The second-order valence-electron chi connectivity index (χ2n) is 2.82. The number of rotatable bonds is 3. The number of nitrogens with one attached hydrogen (secondary N) is 1. The van der Waals surface area contributed by atoms with Gasteiger partial charge in [-0.25, -0.2) is 5.43 Å². The first kappa shape index (κ1) is 10.9. The summed E-state index contributed by atoms with van der Waals surface area (Å²) >= 11 is 2.04. The first-order valence-electron chi connectivity index (χ1n) is 4.38. The molecular weight excluding hydrogens is 323 g/mol. The average molecular weight is 330 g/mol. The number of hydrogen-bond donors (Lipinski definition) is 1.